The number of ether oxygens (including phenoxy) is 1. The van der Waals surface area contributed by atoms with Crippen LogP contribution in [0.25, 0.3) is 0 Å². The highest BCUT2D eigenvalue weighted by Gasteiger charge is 2.53. The van der Waals surface area contributed by atoms with Crippen LogP contribution in [0.15, 0.2) is 42.6 Å². The molecule has 1 aromatic carbocycles. The van der Waals surface area contributed by atoms with Gasteiger partial charge in [0, 0.05) is 5.56 Å². The summed E-state index contributed by atoms with van der Waals surface area (Å²) in [5, 5.41) is 12.3. The highest BCUT2D eigenvalue weighted by Crippen LogP contribution is 2.46. The van der Waals surface area contributed by atoms with Crippen molar-refractivity contribution in [3.05, 3.63) is 48.2 Å². The SMILES string of the molecule is O=C1N(CC2C=CC=CN2)c2cccc(C(O)C(F)(F)F)c2OC1(F)F. The number of alkyl halides is 5. The first kappa shape index (κ1) is 18.2. The standard InChI is InChI=1S/C16H13F5N2O3/c17-15(18,19)13(24)10-5-3-6-11-12(10)26-16(20,21)14(25)23(11)8-9-4-1-2-7-22-9/h1-7,9,13,22,24H,8H2. The molecule has 0 saturated carbocycles. The molecule has 0 aromatic heterocycles. The van der Waals surface area contributed by atoms with Crippen LogP contribution in [-0.4, -0.2) is 35.9 Å². The summed E-state index contributed by atoms with van der Waals surface area (Å²) in [6.07, 6.45) is -6.04. The Kier molecular flexibility index (Phi) is 4.39. The van der Waals surface area contributed by atoms with Crippen molar-refractivity contribution < 1.29 is 36.6 Å². The van der Waals surface area contributed by atoms with Crippen LogP contribution >= 0.6 is 0 Å². The summed E-state index contributed by atoms with van der Waals surface area (Å²) < 4.78 is 70.8. The highest BCUT2D eigenvalue weighted by molar-refractivity contribution is 6.01. The number of anilines is 1. The Bertz CT molecular complexity index is 776. The van der Waals surface area contributed by atoms with Gasteiger partial charge in [0.1, 0.15) is 0 Å². The predicted molar refractivity (Wildman–Crippen MR) is 80.6 cm³/mol. The Hall–Kier alpha value is -2.62. The lowest BCUT2D eigenvalue weighted by atomic mass is 10.0. The van der Waals surface area contributed by atoms with Gasteiger partial charge >= 0.3 is 18.2 Å². The third kappa shape index (κ3) is 3.24. The Balaban J connectivity index is 2.04. The molecule has 1 aromatic rings. The van der Waals surface area contributed by atoms with E-state index in [2.05, 4.69) is 10.1 Å². The quantitative estimate of drug-likeness (QED) is 0.797. The summed E-state index contributed by atoms with van der Waals surface area (Å²) in [6, 6.07) is 2.60. The van der Waals surface area contributed by atoms with Gasteiger partial charge in [-0.05, 0) is 18.3 Å². The topological polar surface area (TPSA) is 61.8 Å². The molecule has 2 unspecified atom stereocenters. The summed E-state index contributed by atoms with van der Waals surface area (Å²) >= 11 is 0. The molecular weight excluding hydrogens is 363 g/mol. The number of carbonyl (C=O) groups excluding carboxylic acids is 1. The van der Waals surface area contributed by atoms with Crippen LogP contribution in [-0.2, 0) is 4.79 Å². The van der Waals surface area contributed by atoms with E-state index in [9.17, 15) is 31.9 Å². The van der Waals surface area contributed by atoms with Gasteiger partial charge in [-0.1, -0.05) is 24.3 Å². The molecule has 5 nitrogen and oxygen atoms in total. The third-order valence-electron chi connectivity index (χ3n) is 3.88. The summed E-state index contributed by atoms with van der Waals surface area (Å²) in [6.45, 7) is -0.267. The van der Waals surface area contributed by atoms with Gasteiger partial charge in [0.2, 0.25) is 0 Å². The van der Waals surface area contributed by atoms with Gasteiger partial charge in [-0.15, -0.1) is 0 Å². The molecule has 0 radical (unpaired) electrons. The lowest BCUT2D eigenvalue weighted by Gasteiger charge is -2.36. The van der Waals surface area contributed by atoms with Gasteiger partial charge in [-0.2, -0.15) is 22.0 Å². The summed E-state index contributed by atoms with van der Waals surface area (Å²) in [5.74, 6) is -2.58. The first-order valence-corrected chi connectivity index (χ1v) is 7.47. The van der Waals surface area contributed by atoms with Crippen molar-refractivity contribution in [1.29, 1.82) is 0 Å². The molecule has 0 fully saturated rings. The average Bonchev–Trinajstić information content (AvgIpc) is 2.58. The minimum Gasteiger partial charge on any atom is -0.423 e. The van der Waals surface area contributed by atoms with Crippen LogP contribution in [0.3, 0.4) is 0 Å². The van der Waals surface area contributed by atoms with Crippen LogP contribution in [0.5, 0.6) is 5.75 Å². The zero-order valence-electron chi connectivity index (χ0n) is 13.0. The third-order valence-corrected chi connectivity index (χ3v) is 3.88. The number of benzene rings is 1. The Morgan fingerprint density at radius 1 is 1.31 bits per heavy atom. The number of dihydropyridines is 1. The fraction of sp³-hybridized carbons (Fsp3) is 0.312. The van der Waals surface area contributed by atoms with E-state index >= 15 is 0 Å². The van der Waals surface area contributed by atoms with E-state index in [1.54, 1.807) is 24.4 Å². The average molecular weight is 376 g/mol. The molecule has 10 heteroatoms. The van der Waals surface area contributed by atoms with E-state index in [0.29, 0.717) is 4.90 Å². The van der Waals surface area contributed by atoms with E-state index in [4.69, 9.17) is 0 Å². The Morgan fingerprint density at radius 3 is 2.65 bits per heavy atom. The van der Waals surface area contributed by atoms with E-state index in [1.807, 2.05) is 0 Å². The lowest BCUT2D eigenvalue weighted by Crippen LogP contribution is -2.54. The fourth-order valence-electron chi connectivity index (χ4n) is 2.68. The molecule has 3 rings (SSSR count). The molecule has 1 amide bonds. The Morgan fingerprint density at radius 2 is 2.04 bits per heavy atom. The number of nitrogens with one attached hydrogen (secondary N) is 1. The number of aliphatic hydroxyl groups is 1. The molecule has 0 saturated heterocycles. The molecule has 140 valence electrons. The first-order valence-electron chi connectivity index (χ1n) is 7.47. The molecule has 2 heterocycles. The summed E-state index contributed by atoms with van der Waals surface area (Å²) in [4.78, 5) is 12.7. The fourth-order valence-corrected chi connectivity index (χ4v) is 2.68. The van der Waals surface area contributed by atoms with Gasteiger partial charge in [0.05, 0.1) is 18.3 Å². The molecule has 2 N–H and O–H groups in total. The number of rotatable bonds is 3. The molecule has 2 aliphatic heterocycles. The maximum absolute atomic E-state index is 14.0. The van der Waals surface area contributed by atoms with Crippen LogP contribution in [0.4, 0.5) is 27.6 Å². The van der Waals surface area contributed by atoms with E-state index in [1.165, 1.54) is 6.07 Å². The van der Waals surface area contributed by atoms with Gasteiger partial charge in [-0.3, -0.25) is 9.69 Å². The van der Waals surface area contributed by atoms with Gasteiger partial charge in [-0.25, -0.2) is 0 Å². The van der Waals surface area contributed by atoms with Crippen molar-refractivity contribution in [1.82, 2.24) is 5.32 Å². The van der Waals surface area contributed by atoms with Gasteiger partial charge in [0.15, 0.2) is 11.9 Å². The smallest absolute Gasteiger partial charge is 0.423 e. The number of hydrogen-bond donors (Lipinski definition) is 2. The van der Waals surface area contributed by atoms with Crippen LogP contribution in [0.2, 0.25) is 0 Å². The number of allylic oxidation sites excluding steroid dienone is 2. The monoisotopic (exact) mass is 376 g/mol. The molecule has 26 heavy (non-hydrogen) atoms. The van der Waals surface area contributed by atoms with Crippen molar-refractivity contribution in [2.24, 2.45) is 0 Å². The Labute approximate surface area is 144 Å². The number of nitrogens with zero attached hydrogens (tertiary/aromatic N) is 1. The van der Waals surface area contributed by atoms with Crippen molar-refractivity contribution in [3.63, 3.8) is 0 Å². The molecule has 2 atom stereocenters. The largest absolute Gasteiger partial charge is 0.482 e. The number of para-hydroxylation sites is 1. The minimum atomic E-state index is -5.08. The van der Waals surface area contributed by atoms with E-state index < -0.39 is 41.7 Å². The molecule has 0 bridgehead atoms. The maximum Gasteiger partial charge on any atom is 0.482 e. The summed E-state index contributed by atoms with van der Waals surface area (Å²) in [5.41, 5.74) is -1.16. The van der Waals surface area contributed by atoms with Crippen molar-refractivity contribution in [3.8, 4) is 5.75 Å². The second kappa shape index (κ2) is 6.27. The number of carbonyl (C=O) groups is 1. The zero-order chi connectivity index (χ0) is 19.1. The maximum atomic E-state index is 14.0. The van der Waals surface area contributed by atoms with Gasteiger partial charge < -0.3 is 15.2 Å². The van der Waals surface area contributed by atoms with Crippen LogP contribution in [0, 0.1) is 0 Å². The number of amides is 1. The molecule has 2 aliphatic rings. The van der Waals surface area contributed by atoms with Crippen LogP contribution in [0.1, 0.15) is 11.7 Å². The van der Waals surface area contributed by atoms with Crippen molar-refractivity contribution in [2.75, 3.05) is 11.4 Å². The second-order valence-corrected chi connectivity index (χ2v) is 5.69. The highest BCUT2D eigenvalue weighted by atomic mass is 19.4. The van der Waals surface area contributed by atoms with E-state index in [-0.39, 0.29) is 12.2 Å². The minimum absolute atomic E-state index is 0.267. The second-order valence-electron chi connectivity index (χ2n) is 5.69. The lowest BCUT2D eigenvalue weighted by molar-refractivity contribution is -0.211. The van der Waals surface area contributed by atoms with E-state index in [0.717, 1.165) is 12.1 Å². The number of hydrogen-bond acceptors (Lipinski definition) is 4. The number of aliphatic hydroxyl groups excluding tert-OH is 1. The number of fused-ring (bicyclic) bond motifs is 1. The predicted octanol–water partition coefficient (Wildman–Crippen LogP) is 2.64. The normalized spacial score (nSPS) is 22.5. The van der Waals surface area contributed by atoms with Crippen molar-refractivity contribution >= 4 is 11.6 Å². The van der Waals surface area contributed by atoms with Crippen LogP contribution < -0.4 is 15.0 Å². The molecular formula is C16H13F5N2O3. The van der Waals surface area contributed by atoms with Crippen molar-refractivity contribution in [2.45, 2.75) is 24.4 Å². The summed E-state index contributed by atoms with van der Waals surface area (Å²) in [7, 11) is 0. The zero-order valence-corrected chi connectivity index (χ0v) is 13.0. The molecule has 0 spiro atoms. The molecule has 0 aliphatic carbocycles. The van der Waals surface area contributed by atoms with Gasteiger partial charge in [0.25, 0.3) is 0 Å². The number of halogens is 5. The first-order chi connectivity index (χ1) is 12.1.